The minimum absolute atomic E-state index is 0.144. The number of rotatable bonds is 4. The summed E-state index contributed by atoms with van der Waals surface area (Å²) in [6, 6.07) is 13.9. The first-order valence-electron chi connectivity index (χ1n) is 7.67. The van der Waals surface area contributed by atoms with Crippen molar-refractivity contribution in [3.63, 3.8) is 0 Å². The summed E-state index contributed by atoms with van der Waals surface area (Å²) in [7, 11) is 1.95. The lowest BCUT2D eigenvalue weighted by atomic mass is 10.1. The van der Waals surface area contributed by atoms with Crippen LogP contribution in [0, 0.1) is 6.92 Å². The van der Waals surface area contributed by atoms with Crippen molar-refractivity contribution in [1.29, 1.82) is 0 Å². The smallest absolute Gasteiger partial charge is 0.244 e. The first kappa shape index (κ1) is 16.5. The molecule has 0 aliphatic rings. The van der Waals surface area contributed by atoms with E-state index in [1.165, 1.54) is 11.6 Å². The van der Waals surface area contributed by atoms with Gasteiger partial charge in [0.2, 0.25) is 5.91 Å². The molecule has 0 aliphatic heterocycles. The maximum atomic E-state index is 12.0. The second kappa shape index (κ2) is 7.01. The average molecular weight is 384 g/mol. The third-order valence-corrected chi connectivity index (χ3v) is 4.56. The van der Waals surface area contributed by atoms with Crippen LogP contribution < -0.4 is 5.32 Å². The summed E-state index contributed by atoms with van der Waals surface area (Å²) in [6.07, 6.45) is 3.34. The predicted molar refractivity (Wildman–Crippen MR) is 100 cm³/mol. The second-order valence-corrected chi connectivity index (χ2v) is 6.51. The van der Waals surface area contributed by atoms with Gasteiger partial charge in [0.05, 0.1) is 17.6 Å². The van der Waals surface area contributed by atoms with Crippen molar-refractivity contribution in [3.05, 3.63) is 70.0 Å². The Morgan fingerprint density at radius 1 is 1.29 bits per heavy atom. The maximum Gasteiger partial charge on any atom is 0.244 e. The van der Waals surface area contributed by atoms with Gasteiger partial charge in [-0.25, -0.2) is 4.98 Å². The highest BCUT2D eigenvalue weighted by atomic mass is 79.9. The highest BCUT2D eigenvalue weighted by molar-refractivity contribution is 9.10. The van der Waals surface area contributed by atoms with Gasteiger partial charge in [0.25, 0.3) is 0 Å². The van der Waals surface area contributed by atoms with Crippen molar-refractivity contribution in [3.8, 4) is 0 Å². The van der Waals surface area contributed by atoms with Gasteiger partial charge in [0, 0.05) is 17.6 Å². The van der Waals surface area contributed by atoms with E-state index >= 15 is 0 Å². The molecule has 0 fully saturated rings. The molecule has 0 aliphatic carbocycles. The summed E-state index contributed by atoms with van der Waals surface area (Å²) < 4.78 is 2.97. The van der Waals surface area contributed by atoms with Crippen LogP contribution in [0.3, 0.4) is 0 Å². The van der Waals surface area contributed by atoms with Crippen LogP contribution in [0.15, 0.2) is 53.0 Å². The number of hydrogen-bond donors (Lipinski definition) is 1. The molecule has 0 unspecified atom stereocenters. The molecule has 4 nitrogen and oxygen atoms in total. The van der Waals surface area contributed by atoms with Gasteiger partial charge < -0.3 is 9.88 Å². The van der Waals surface area contributed by atoms with Crippen molar-refractivity contribution in [1.82, 2.24) is 14.9 Å². The third kappa shape index (κ3) is 3.57. The molecule has 0 bridgehead atoms. The van der Waals surface area contributed by atoms with Gasteiger partial charge >= 0.3 is 0 Å². The number of fused-ring (bicyclic) bond motifs is 1. The van der Waals surface area contributed by atoms with Crippen LogP contribution in [0.5, 0.6) is 0 Å². The van der Waals surface area contributed by atoms with E-state index in [1.807, 2.05) is 61.0 Å². The summed E-state index contributed by atoms with van der Waals surface area (Å²) >= 11 is 3.51. The number of aryl methyl sites for hydroxylation is 2. The molecule has 1 heterocycles. The van der Waals surface area contributed by atoms with Gasteiger partial charge in [0.15, 0.2) is 0 Å². The second-order valence-electron chi connectivity index (χ2n) is 5.65. The molecule has 1 aromatic heterocycles. The van der Waals surface area contributed by atoms with E-state index < -0.39 is 0 Å². The fourth-order valence-corrected chi connectivity index (χ4v) is 3.14. The zero-order valence-corrected chi connectivity index (χ0v) is 15.2. The number of aromatic nitrogens is 2. The molecular formula is C19H18BrN3O. The third-order valence-electron chi connectivity index (χ3n) is 3.87. The zero-order valence-electron chi connectivity index (χ0n) is 13.6. The topological polar surface area (TPSA) is 46.9 Å². The molecule has 122 valence electrons. The van der Waals surface area contributed by atoms with E-state index in [2.05, 4.69) is 26.2 Å². The minimum Gasteiger partial charge on any atom is -0.345 e. The molecule has 0 spiro atoms. The number of halogens is 1. The Hall–Kier alpha value is -2.40. The van der Waals surface area contributed by atoms with Crippen LogP contribution >= 0.6 is 15.9 Å². The Labute approximate surface area is 149 Å². The summed E-state index contributed by atoms with van der Waals surface area (Å²) in [5, 5.41) is 2.88. The molecule has 24 heavy (non-hydrogen) atoms. The van der Waals surface area contributed by atoms with E-state index in [4.69, 9.17) is 0 Å². The van der Waals surface area contributed by atoms with Gasteiger partial charge in [-0.15, -0.1) is 0 Å². The largest absolute Gasteiger partial charge is 0.345 e. The lowest BCUT2D eigenvalue weighted by Gasteiger charge is -2.03. The fourth-order valence-electron chi connectivity index (χ4n) is 2.51. The molecule has 1 amide bonds. The quantitative estimate of drug-likeness (QED) is 0.692. The number of nitrogens with one attached hydrogen (secondary N) is 1. The summed E-state index contributed by atoms with van der Waals surface area (Å²) in [6.45, 7) is 2.42. The lowest BCUT2D eigenvalue weighted by molar-refractivity contribution is -0.116. The van der Waals surface area contributed by atoms with Crippen molar-refractivity contribution in [2.45, 2.75) is 13.5 Å². The number of carbonyl (C=O) groups excluding carboxylic acids is 1. The molecule has 0 saturated heterocycles. The normalized spacial score (nSPS) is 11.3. The monoisotopic (exact) mass is 383 g/mol. The fraction of sp³-hybridized carbons (Fsp3) is 0.158. The SMILES string of the molecule is Cc1ccc(/C=C/C(=O)NCc2nc3ccccc3n2C)c(Br)c1. The number of benzene rings is 2. The maximum absolute atomic E-state index is 12.0. The van der Waals surface area contributed by atoms with E-state index in [9.17, 15) is 4.79 Å². The van der Waals surface area contributed by atoms with Gasteiger partial charge in [-0.2, -0.15) is 0 Å². The molecule has 2 aromatic carbocycles. The van der Waals surface area contributed by atoms with Crippen LogP contribution in [0.4, 0.5) is 0 Å². The summed E-state index contributed by atoms with van der Waals surface area (Å²) in [4.78, 5) is 16.6. The molecule has 3 rings (SSSR count). The molecular weight excluding hydrogens is 366 g/mol. The van der Waals surface area contributed by atoms with E-state index in [0.29, 0.717) is 6.54 Å². The standard InChI is InChI=1S/C19H18BrN3O/c1-13-7-8-14(15(20)11-13)9-10-19(24)21-12-18-22-16-5-3-4-6-17(16)23(18)2/h3-11H,12H2,1-2H3,(H,21,24)/b10-9+. The Morgan fingerprint density at radius 3 is 2.83 bits per heavy atom. The Morgan fingerprint density at radius 2 is 2.08 bits per heavy atom. The first-order valence-corrected chi connectivity index (χ1v) is 8.46. The van der Waals surface area contributed by atoms with Crippen LogP contribution in [0.1, 0.15) is 17.0 Å². The molecule has 0 radical (unpaired) electrons. The molecule has 0 saturated carbocycles. The Balaban J connectivity index is 1.66. The van der Waals surface area contributed by atoms with Crippen LogP contribution in [-0.2, 0) is 18.4 Å². The van der Waals surface area contributed by atoms with Crippen molar-refractivity contribution >= 4 is 38.9 Å². The van der Waals surface area contributed by atoms with Crippen molar-refractivity contribution in [2.24, 2.45) is 7.05 Å². The predicted octanol–water partition coefficient (Wildman–Crippen LogP) is 3.97. The molecule has 5 heteroatoms. The first-order chi connectivity index (χ1) is 11.5. The Kier molecular flexibility index (Phi) is 4.81. The lowest BCUT2D eigenvalue weighted by Crippen LogP contribution is -2.22. The number of amides is 1. The van der Waals surface area contributed by atoms with Gasteiger partial charge in [0.1, 0.15) is 5.82 Å². The van der Waals surface area contributed by atoms with Crippen LogP contribution in [-0.4, -0.2) is 15.5 Å². The molecule has 0 atom stereocenters. The van der Waals surface area contributed by atoms with Crippen LogP contribution in [0.2, 0.25) is 0 Å². The van der Waals surface area contributed by atoms with E-state index in [0.717, 1.165) is 26.9 Å². The number of hydrogen-bond acceptors (Lipinski definition) is 2. The van der Waals surface area contributed by atoms with E-state index in [-0.39, 0.29) is 5.91 Å². The van der Waals surface area contributed by atoms with Crippen LogP contribution in [0.25, 0.3) is 17.1 Å². The Bertz CT molecular complexity index is 928. The summed E-state index contributed by atoms with van der Waals surface area (Å²) in [5.74, 6) is 0.684. The van der Waals surface area contributed by atoms with Gasteiger partial charge in [-0.05, 0) is 42.3 Å². The zero-order chi connectivity index (χ0) is 17.1. The average Bonchev–Trinajstić information content (AvgIpc) is 2.89. The summed E-state index contributed by atoms with van der Waals surface area (Å²) in [5.41, 5.74) is 4.13. The minimum atomic E-state index is -0.144. The van der Waals surface area contributed by atoms with Gasteiger partial charge in [-0.3, -0.25) is 4.79 Å². The van der Waals surface area contributed by atoms with Crippen molar-refractivity contribution in [2.75, 3.05) is 0 Å². The highest BCUT2D eigenvalue weighted by Gasteiger charge is 2.07. The number of imidazole rings is 1. The van der Waals surface area contributed by atoms with Gasteiger partial charge in [-0.1, -0.05) is 40.2 Å². The number of carbonyl (C=O) groups is 1. The molecule has 1 N–H and O–H groups in total. The van der Waals surface area contributed by atoms with Crippen molar-refractivity contribution < 1.29 is 4.79 Å². The number of nitrogens with zero attached hydrogens (tertiary/aromatic N) is 2. The highest BCUT2D eigenvalue weighted by Crippen LogP contribution is 2.19. The van der Waals surface area contributed by atoms with E-state index in [1.54, 1.807) is 6.08 Å². The number of para-hydroxylation sites is 2. The molecule has 3 aromatic rings.